The average molecular weight is 281 g/mol. The van der Waals surface area contributed by atoms with Crippen molar-refractivity contribution in [1.82, 2.24) is 5.32 Å². The van der Waals surface area contributed by atoms with E-state index in [9.17, 15) is 10.2 Å². The van der Waals surface area contributed by atoms with Crippen LogP contribution < -0.4 is 14.8 Å². The van der Waals surface area contributed by atoms with Crippen LogP contribution in [-0.2, 0) is 6.42 Å². The Kier molecular flexibility index (Phi) is 5.23. The van der Waals surface area contributed by atoms with Gasteiger partial charge in [0.15, 0.2) is 11.5 Å². The lowest BCUT2D eigenvalue weighted by molar-refractivity contribution is 0.0810. The fraction of sp³-hybridized carbons (Fsp3) is 0.600. The number of rotatable bonds is 6. The summed E-state index contributed by atoms with van der Waals surface area (Å²) in [6, 6.07) is 5.94. The van der Waals surface area contributed by atoms with Crippen molar-refractivity contribution in [1.29, 1.82) is 0 Å². The van der Waals surface area contributed by atoms with Crippen LogP contribution in [0.15, 0.2) is 18.2 Å². The molecule has 5 heteroatoms. The molecule has 0 unspecified atom stereocenters. The average Bonchev–Trinajstić information content (AvgIpc) is 2.42. The van der Waals surface area contributed by atoms with E-state index in [4.69, 9.17) is 9.47 Å². The van der Waals surface area contributed by atoms with Gasteiger partial charge in [0, 0.05) is 24.6 Å². The zero-order valence-corrected chi connectivity index (χ0v) is 12.0. The second-order valence-corrected chi connectivity index (χ2v) is 5.44. The molecule has 0 bridgehead atoms. The Labute approximate surface area is 119 Å². The quantitative estimate of drug-likeness (QED) is 0.717. The van der Waals surface area contributed by atoms with Crippen LogP contribution in [0.2, 0.25) is 0 Å². The fourth-order valence-corrected chi connectivity index (χ4v) is 2.11. The Morgan fingerprint density at radius 1 is 1.45 bits per heavy atom. The Bertz CT molecular complexity index is 436. The largest absolute Gasteiger partial charge is 0.487 e. The fourth-order valence-electron chi connectivity index (χ4n) is 2.11. The van der Waals surface area contributed by atoms with Crippen molar-refractivity contribution >= 4 is 0 Å². The second kappa shape index (κ2) is 6.92. The van der Waals surface area contributed by atoms with Crippen molar-refractivity contribution in [2.45, 2.75) is 38.5 Å². The number of ether oxygens (including phenoxy) is 2. The van der Waals surface area contributed by atoms with E-state index in [-0.39, 0.29) is 13.2 Å². The van der Waals surface area contributed by atoms with Gasteiger partial charge in [-0.3, -0.25) is 0 Å². The molecule has 1 aromatic rings. The third-order valence-corrected chi connectivity index (χ3v) is 3.13. The summed E-state index contributed by atoms with van der Waals surface area (Å²) in [6.07, 6.45) is -0.453. The molecule has 0 aliphatic carbocycles. The number of aliphatic hydroxyl groups is 2. The van der Waals surface area contributed by atoms with E-state index in [2.05, 4.69) is 5.32 Å². The van der Waals surface area contributed by atoms with Crippen molar-refractivity contribution in [3.8, 4) is 11.5 Å². The second-order valence-electron chi connectivity index (χ2n) is 5.44. The third-order valence-electron chi connectivity index (χ3n) is 3.13. The van der Waals surface area contributed by atoms with Gasteiger partial charge in [0.05, 0.1) is 6.10 Å². The van der Waals surface area contributed by atoms with Gasteiger partial charge >= 0.3 is 0 Å². The molecule has 0 saturated carbocycles. The highest BCUT2D eigenvalue weighted by Crippen LogP contribution is 2.34. The van der Waals surface area contributed by atoms with Gasteiger partial charge in [0.2, 0.25) is 0 Å². The minimum absolute atomic E-state index is 0.210. The lowest BCUT2D eigenvalue weighted by Gasteiger charge is -2.24. The van der Waals surface area contributed by atoms with Gasteiger partial charge in [-0.2, -0.15) is 0 Å². The van der Waals surface area contributed by atoms with Gasteiger partial charge in [-0.1, -0.05) is 26.0 Å². The maximum absolute atomic E-state index is 9.84. The molecule has 2 rings (SSSR count). The van der Waals surface area contributed by atoms with E-state index in [1.165, 1.54) is 0 Å². The van der Waals surface area contributed by atoms with Crippen molar-refractivity contribution in [3.63, 3.8) is 0 Å². The molecule has 1 aromatic carbocycles. The minimum atomic E-state index is -0.567. The first-order chi connectivity index (χ1) is 9.56. The number of fused-ring (bicyclic) bond motifs is 1. The number of para-hydroxylation sites is 1. The number of hydrogen-bond acceptors (Lipinski definition) is 5. The SMILES string of the molecule is CC(C)NC[C@H](O)COc1cccc2c1OC[C@@H](O)C2. The first-order valence-electron chi connectivity index (χ1n) is 7.03. The molecule has 1 aliphatic rings. The van der Waals surface area contributed by atoms with Gasteiger partial charge in [0.25, 0.3) is 0 Å². The predicted molar refractivity (Wildman–Crippen MR) is 76.3 cm³/mol. The summed E-state index contributed by atoms with van der Waals surface area (Å²) in [7, 11) is 0. The first kappa shape index (κ1) is 15.1. The van der Waals surface area contributed by atoms with Gasteiger partial charge in [0.1, 0.15) is 19.3 Å². The van der Waals surface area contributed by atoms with Crippen molar-refractivity contribution < 1.29 is 19.7 Å². The highest BCUT2D eigenvalue weighted by Gasteiger charge is 2.21. The van der Waals surface area contributed by atoms with Crippen molar-refractivity contribution in [3.05, 3.63) is 23.8 Å². The molecule has 1 heterocycles. The van der Waals surface area contributed by atoms with Crippen LogP contribution in [0.25, 0.3) is 0 Å². The van der Waals surface area contributed by atoms with E-state index in [1.54, 1.807) is 0 Å². The summed E-state index contributed by atoms with van der Waals surface area (Å²) in [5, 5.41) is 22.6. The van der Waals surface area contributed by atoms with Crippen LogP contribution >= 0.6 is 0 Å². The van der Waals surface area contributed by atoms with Crippen LogP contribution in [0.4, 0.5) is 0 Å². The molecule has 2 atom stereocenters. The molecule has 3 N–H and O–H groups in total. The lowest BCUT2D eigenvalue weighted by Crippen LogP contribution is -2.35. The van der Waals surface area contributed by atoms with Crippen molar-refractivity contribution in [2.75, 3.05) is 19.8 Å². The number of aliphatic hydroxyl groups excluding tert-OH is 2. The predicted octanol–water partition coefficient (Wildman–Crippen LogP) is 0.720. The number of benzene rings is 1. The van der Waals surface area contributed by atoms with Crippen LogP contribution in [0.5, 0.6) is 11.5 Å². The monoisotopic (exact) mass is 281 g/mol. The molecular weight excluding hydrogens is 258 g/mol. The Hall–Kier alpha value is -1.30. The Morgan fingerprint density at radius 3 is 3.00 bits per heavy atom. The molecule has 1 aliphatic heterocycles. The highest BCUT2D eigenvalue weighted by molar-refractivity contribution is 5.48. The summed E-state index contributed by atoms with van der Waals surface area (Å²) in [4.78, 5) is 0. The van der Waals surface area contributed by atoms with Crippen LogP contribution in [0.3, 0.4) is 0 Å². The Morgan fingerprint density at radius 2 is 2.25 bits per heavy atom. The standard InChI is InChI=1S/C15H23NO4/c1-10(2)16-7-13(18)9-19-14-5-3-4-11-6-12(17)8-20-15(11)14/h3-5,10,12-13,16-18H,6-9H2,1-2H3/t12-,13-/m0/s1. The lowest BCUT2D eigenvalue weighted by atomic mass is 10.0. The molecule has 5 nitrogen and oxygen atoms in total. The van der Waals surface area contributed by atoms with Gasteiger partial charge in [-0.15, -0.1) is 0 Å². The third kappa shape index (κ3) is 4.10. The first-order valence-corrected chi connectivity index (χ1v) is 7.03. The van der Waals surface area contributed by atoms with Gasteiger partial charge in [-0.25, -0.2) is 0 Å². The van der Waals surface area contributed by atoms with E-state index in [1.807, 2.05) is 32.0 Å². The molecule has 0 saturated heterocycles. The van der Waals surface area contributed by atoms with Crippen LogP contribution in [-0.4, -0.2) is 48.2 Å². The van der Waals surface area contributed by atoms with E-state index < -0.39 is 12.2 Å². The molecule has 0 radical (unpaired) electrons. The molecule has 0 amide bonds. The molecule has 20 heavy (non-hydrogen) atoms. The molecule has 112 valence electrons. The molecule has 0 fully saturated rings. The maximum Gasteiger partial charge on any atom is 0.164 e. The maximum atomic E-state index is 9.84. The summed E-state index contributed by atoms with van der Waals surface area (Å²) in [5.74, 6) is 1.31. The summed E-state index contributed by atoms with van der Waals surface area (Å²) >= 11 is 0. The minimum Gasteiger partial charge on any atom is -0.487 e. The van der Waals surface area contributed by atoms with E-state index in [0.717, 1.165) is 5.56 Å². The number of hydrogen-bond donors (Lipinski definition) is 3. The zero-order valence-electron chi connectivity index (χ0n) is 12.0. The topological polar surface area (TPSA) is 71.0 Å². The van der Waals surface area contributed by atoms with Gasteiger partial charge in [-0.05, 0) is 6.07 Å². The summed E-state index contributed by atoms with van der Waals surface area (Å²) in [6.45, 7) is 5.04. The van der Waals surface area contributed by atoms with Crippen molar-refractivity contribution in [2.24, 2.45) is 0 Å². The molecule has 0 spiro atoms. The Balaban J connectivity index is 1.92. The summed E-state index contributed by atoms with van der Waals surface area (Å²) in [5.41, 5.74) is 0.941. The molecular formula is C15H23NO4. The van der Waals surface area contributed by atoms with Gasteiger partial charge < -0.3 is 25.0 Å². The highest BCUT2D eigenvalue weighted by atomic mass is 16.5. The zero-order chi connectivity index (χ0) is 14.5. The van der Waals surface area contributed by atoms with E-state index >= 15 is 0 Å². The smallest absolute Gasteiger partial charge is 0.164 e. The van der Waals surface area contributed by atoms with Crippen LogP contribution in [0.1, 0.15) is 19.4 Å². The molecule has 0 aromatic heterocycles. The number of nitrogens with one attached hydrogen (secondary N) is 1. The normalized spacial score (nSPS) is 19.4. The summed E-state index contributed by atoms with van der Waals surface area (Å²) < 4.78 is 11.2. The van der Waals surface area contributed by atoms with Crippen LogP contribution in [0, 0.1) is 0 Å². The van der Waals surface area contributed by atoms with E-state index in [0.29, 0.717) is 30.5 Å².